The molecule has 110 valence electrons. The Morgan fingerprint density at radius 1 is 1.42 bits per heavy atom. The summed E-state index contributed by atoms with van der Waals surface area (Å²) in [6, 6.07) is 0. The van der Waals surface area contributed by atoms with Crippen LogP contribution in [0.1, 0.15) is 30.3 Å². The van der Waals surface area contributed by atoms with Crippen LogP contribution in [0.15, 0.2) is 5.51 Å². The number of sulfonamides is 1. The van der Waals surface area contributed by atoms with Gasteiger partial charge in [-0.1, -0.05) is 6.92 Å². The molecule has 0 aliphatic rings. The fraction of sp³-hybridized carbons (Fsp3) is 0.750. The minimum Gasteiger partial charge on any atom is -0.317 e. The van der Waals surface area contributed by atoms with Crippen molar-refractivity contribution in [2.75, 3.05) is 25.9 Å². The van der Waals surface area contributed by atoms with Crippen molar-refractivity contribution in [3.05, 3.63) is 16.1 Å². The second kappa shape index (κ2) is 7.94. The molecule has 0 bridgehead atoms. The molecule has 1 N–H and O–H groups in total. The molecule has 7 heteroatoms. The third-order valence-corrected chi connectivity index (χ3v) is 5.75. The first-order valence-corrected chi connectivity index (χ1v) is 9.00. The van der Waals surface area contributed by atoms with E-state index in [0.29, 0.717) is 13.0 Å². The average Bonchev–Trinajstić information content (AvgIpc) is 2.74. The number of nitrogens with one attached hydrogen (secondary N) is 1. The third-order valence-electron chi connectivity index (χ3n) is 2.94. The number of hydrogen-bond acceptors (Lipinski definition) is 5. The van der Waals surface area contributed by atoms with Gasteiger partial charge in [-0.2, -0.15) is 4.31 Å². The molecule has 1 aromatic heterocycles. The van der Waals surface area contributed by atoms with E-state index in [4.69, 9.17) is 0 Å². The standard InChI is InChI=1S/C12H23N3O2S2/c1-4-13-7-5-6-8-19(16,17)15(3)9-12-11(2)14-10-18-12/h10,13H,4-9H2,1-3H3. The molecule has 0 fully saturated rings. The molecular formula is C12H23N3O2S2. The summed E-state index contributed by atoms with van der Waals surface area (Å²) < 4.78 is 25.6. The molecule has 0 spiro atoms. The van der Waals surface area contributed by atoms with Crippen molar-refractivity contribution in [3.63, 3.8) is 0 Å². The molecule has 0 unspecified atom stereocenters. The minimum atomic E-state index is -3.16. The molecule has 0 saturated heterocycles. The van der Waals surface area contributed by atoms with E-state index in [1.54, 1.807) is 12.6 Å². The largest absolute Gasteiger partial charge is 0.317 e. The van der Waals surface area contributed by atoms with E-state index >= 15 is 0 Å². The highest BCUT2D eigenvalue weighted by molar-refractivity contribution is 7.89. The number of nitrogens with zero attached hydrogens (tertiary/aromatic N) is 2. The monoisotopic (exact) mass is 305 g/mol. The first kappa shape index (κ1) is 16.6. The van der Waals surface area contributed by atoms with Crippen LogP contribution in [0.5, 0.6) is 0 Å². The van der Waals surface area contributed by atoms with Crippen LogP contribution in [-0.4, -0.2) is 43.6 Å². The normalized spacial score (nSPS) is 12.2. The van der Waals surface area contributed by atoms with Gasteiger partial charge in [0, 0.05) is 18.5 Å². The van der Waals surface area contributed by atoms with Crippen LogP contribution < -0.4 is 5.32 Å². The highest BCUT2D eigenvalue weighted by atomic mass is 32.2. The van der Waals surface area contributed by atoms with Gasteiger partial charge in [-0.25, -0.2) is 13.4 Å². The summed E-state index contributed by atoms with van der Waals surface area (Å²) in [5, 5.41) is 3.19. The number of thiazole rings is 1. The smallest absolute Gasteiger partial charge is 0.214 e. The summed E-state index contributed by atoms with van der Waals surface area (Å²) in [7, 11) is -1.52. The lowest BCUT2D eigenvalue weighted by Crippen LogP contribution is -2.29. The van der Waals surface area contributed by atoms with Crippen LogP contribution in [0.2, 0.25) is 0 Å². The maximum atomic E-state index is 12.1. The Morgan fingerprint density at radius 2 is 2.16 bits per heavy atom. The highest BCUT2D eigenvalue weighted by Crippen LogP contribution is 2.16. The second-order valence-corrected chi connectivity index (χ2v) is 7.63. The summed E-state index contributed by atoms with van der Waals surface area (Å²) in [5.74, 6) is 0.215. The summed E-state index contributed by atoms with van der Waals surface area (Å²) in [6.45, 7) is 6.18. The van der Waals surface area contributed by atoms with Crippen LogP contribution in [0, 0.1) is 6.92 Å². The molecule has 0 aliphatic heterocycles. The molecule has 0 amide bonds. The molecule has 1 heterocycles. The zero-order valence-electron chi connectivity index (χ0n) is 11.8. The van der Waals surface area contributed by atoms with E-state index in [1.807, 2.05) is 13.8 Å². The molecule has 0 aromatic carbocycles. The zero-order valence-corrected chi connectivity index (χ0v) is 13.5. The summed E-state index contributed by atoms with van der Waals surface area (Å²) in [6.07, 6.45) is 1.59. The van der Waals surface area contributed by atoms with E-state index in [2.05, 4.69) is 10.3 Å². The highest BCUT2D eigenvalue weighted by Gasteiger charge is 2.18. The van der Waals surface area contributed by atoms with Crippen LogP contribution in [0.25, 0.3) is 0 Å². The Hall–Kier alpha value is -0.500. The van der Waals surface area contributed by atoms with Crippen LogP contribution in [0.4, 0.5) is 0 Å². The molecule has 0 radical (unpaired) electrons. The molecule has 0 saturated carbocycles. The van der Waals surface area contributed by atoms with Gasteiger partial charge in [0.05, 0.1) is 17.0 Å². The molecule has 5 nitrogen and oxygen atoms in total. The summed E-state index contributed by atoms with van der Waals surface area (Å²) in [5.41, 5.74) is 2.67. The van der Waals surface area contributed by atoms with Gasteiger partial charge in [-0.15, -0.1) is 11.3 Å². The van der Waals surface area contributed by atoms with Crippen LogP contribution in [0.3, 0.4) is 0 Å². The summed E-state index contributed by atoms with van der Waals surface area (Å²) >= 11 is 1.50. The topological polar surface area (TPSA) is 62.3 Å². The first-order chi connectivity index (χ1) is 8.97. The Labute approximate surface area is 120 Å². The van der Waals surface area contributed by atoms with Gasteiger partial charge in [-0.3, -0.25) is 0 Å². The number of aromatic nitrogens is 1. The van der Waals surface area contributed by atoms with Crippen molar-refractivity contribution in [3.8, 4) is 0 Å². The lowest BCUT2D eigenvalue weighted by atomic mass is 10.3. The van der Waals surface area contributed by atoms with Crippen molar-refractivity contribution < 1.29 is 8.42 Å². The van der Waals surface area contributed by atoms with E-state index in [-0.39, 0.29) is 5.75 Å². The lowest BCUT2D eigenvalue weighted by molar-refractivity contribution is 0.466. The van der Waals surface area contributed by atoms with Crippen LogP contribution >= 0.6 is 11.3 Å². The van der Waals surface area contributed by atoms with E-state index in [0.717, 1.165) is 30.1 Å². The predicted octanol–water partition coefficient (Wildman–Crippen LogP) is 1.60. The van der Waals surface area contributed by atoms with Gasteiger partial charge in [0.25, 0.3) is 0 Å². The summed E-state index contributed by atoms with van der Waals surface area (Å²) in [4.78, 5) is 5.15. The molecule has 0 aliphatic carbocycles. The average molecular weight is 305 g/mol. The van der Waals surface area contributed by atoms with Crippen molar-refractivity contribution in [1.29, 1.82) is 0 Å². The number of rotatable bonds is 9. The van der Waals surface area contributed by atoms with Crippen molar-refractivity contribution in [2.45, 2.75) is 33.2 Å². The van der Waals surface area contributed by atoms with E-state index < -0.39 is 10.0 Å². The Balaban J connectivity index is 2.41. The minimum absolute atomic E-state index is 0.215. The van der Waals surface area contributed by atoms with E-state index in [9.17, 15) is 8.42 Å². The lowest BCUT2D eigenvalue weighted by Gasteiger charge is -2.16. The number of unbranched alkanes of at least 4 members (excludes halogenated alkanes) is 1. The SMILES string of the molecule is CCNCCCCS(=O)(=O)N(C)Cc1scnc1C. The molecule has 1 rings (SSSR count). The van der Waals surface area contributed by atoms with Gasteiger partial charge in [0.1, 0.15) is 0 Å². The fourth-order valence-electron chi connectivity index (χ4n) is 1.65. The Bertz CT molecular complexity index is 471. The van der Waals surface area contributed by atoms with Crippen molar-refractivity contribution >= 4 is 21.4 Å². The third kappa shape index (κ3) is 5.56. The van der Waals surface area contributed by atoms with Gasteiger partial charge in [0.2, 0.25) is 10.0 Å². The van der Waals surface area contributed by atoms with Gasteiger partial charge >= 0.3 is 0 Å². The number of hydrogen-bond donors (Lipinski definition) is 1. The molecule has 0 atom stereocenters. The maximum absolute atomic E-state index is 12.1. The van der Waals surface area contributed by atoms with Crippen molar-refractivity contribution in [2.24, 2.45) is 0 Å². The quantitative estimate of drug-likeness (QED) is 0.704. The van der Waals surface area contributed by atoms with Gasteiger partial charge in [0.15, 0.2) is 0 Å². The Kier molecular flexibility index (Phi) is 6.92. The number of aryl methyl sites for hydroxylation is 1. The fourth-order valence-corrected chi connectivity index (χ4v) is 3.76. The van der Waals surface area contributed by atoms with Crippen molar-refractivity contribution in [1.82, 2.24) is 14.6 Å². The molecular weight excluding hydrogens is 282 g/mol. The zero-order chi connectivity index (χ0) is 14.3. The van der Waals surface area contributed by atoms with Crippen LogP contribution in [-0.2, 0) is 16.6 Å². The molecule has 19 heavy (non-hydrogen) atoms. The molecule has 1 aromatic rings. The van der Waals surface area contributed by atoms with E-state index in [1.165, 1.54) is 15.6 Å². The van der Waals surface area contributed by atoms with Gasteiger partial charge < -0.3 is 5.32 Å². The Morgan fingerprint density at radius 3 is 2.74 bits per heavy atom. The first-order valence-electron chi connectivity index (χ1n) is 6.51. The second-order valence-electron chi connectivity index (χ2n) is 4.49. The predicted molar refractivity (Wildman–Crippen MR) is 79.9 cm³/mol. The maximum Gasteiger partial charge on any atom is 0.214 e. The van der Waals surface area contributed by atoms with Gasteiger partial charge in [-0.05, 0) is 32.9 Å².